The van der Waals surface area contributed by atoms with Gasteiger partial charge in [0.1, 0.15) is 13.2 Å². The fourth-order valence-corrected chi connectivity index (χ4v) is 4.09. The number of amides is 1. The van der Waals surface area contributed by atoms with Gasteiger partial charge < -0.3 is 14.4 Å². The first-order valence-electron chi connectivity index (χ1n) is 9.43. The van der Waals surface area contributed by atoms with Gasteiger partial charge in [0.25, 0.3) is 0 Å². The molecule has 27 heavy (non-hydrogen) atoms. The van der Waals surface area contributed by atoms with Crippen LogP contribution in [0.15, 0.2) is 48.5 Å². The zero-order valence-electron chi connectivity index (χ0n) is 15.3. The zero-order chi connectivity index (χ0) is 18.6. The van der Waals surface area contributed by atoms with Gasteiger partial charge in [0, 0.05) is 12.5 Å². The average molecular weight is 361 g/mol. The summed E-state index contributed by atoms with van der Waals surface area (Å²) in [7, 11) is 0. The maximum Gasteiger partial charge on any atom is 0.409 e. The highest BCUT2D eigenvalue weighted by atomic mass is 16.6. The Balaban J connectivity index is 1.43. The van der Waals surface area contributed by atoms with E-state index in [0.717, 1.165) is 12.8 Å². The number of piperidine rings is 1. The first kappa shape index (κ1) is 17.6. The summed E-state index contributed by atoms with van der Waals surface area (Å²) in [6.07, 6.45) is 6.81. The van der Waals surface area contributed by atoms with Gasteiger partial charge in [0.05, 0.1) is 12.6 Å². The first-order chi connectivity index (χ1) is 13.3. The van der Waals surface area contributed by atoms with Crippen LogP contribution in [0.25, 0.3) is 11.1 Å². The van der Waals surface area contributed by atoms with Crippen LogP contribution in [0.1, 0.15) is 29.9 Å². The lowest BCUT2D eigenvalue weighted by Crippen LogP contribution is -2.43. The molecule has 0 saturated carbocycles. The van der Waals surface area contributed by atoms with E-state index >= 15 is 0 Å². The van der Waals surface area contributed by atoms with E-state index in [1.165, 1.54) is 22.3 Å². The van der Waals surface area contributed by atoms with Crippen molar-refractivity contribution in [1.82, 2.24) is 4.90 Å². The minimum Gasteiger partial charge on any atom is -0.448 e. The zero-order valence-corrected chi connectivity index (χ0v) is 15.3. The number of hydrogen-bond donors (Lipinski definition) is 0. The molecule has 0 radical (unpaired) electrons. The van der Waals surface area contributed by atoms with Crippen LogP contribution in [0, 0.1) is 12.3 Å². The molecule has 138 valence electrons. The van der Waals surface area contributed by atoms with Crippen molar-refractivity contribution in [3.05, 3.63) is 59.7 Å². The van der Waals surface area contributed by atoms with Gasteiger partial charge in [-0.05, 0) is 35.1 Å². The summed E-state index contributed by atoms with van der Waals surface area (Å²) in [5.41, 5.74) is 4.91. The summed E-state index contributed by atoms with van der Waals surface area (Å²) < 4.78 is 11.3. The van der Waals surface area contributed by atoms with Crippen molar-refractivity contribution >= 4 is 6.09 Å². The fraction of sp³-hybridized carbons (Fsp3) is 0.348. The third-order valence-electron chi connectivity index (χ3n) is 5.37. The van der Waals surface area contributed by atoms with Crippen molar-refractivity contribution in [3.8, 4) is 23.5 Å². The van der Waals surface area contributed by atoms with Crippen LogP contribution in [0.4, 0.5) is 4.79 Å². The molecule has 1 aliphatic carbocycles. The van der Waals surface area contributed by atoms with E-state index in [1.807, 2.05) is 24.3 Å². The van der Waals surface area contributed by atoms with E-state index in [0.29, 0.717) is 19.7 Å². The molecule has 0 aromatic heterocycles. The van der Waals surface area contributed by atoms with Crippen molar-refractivity contribution in [2.75, 3.05) is 26.3 Å². The Morgan fingerprint density at radius 3 is 2.44 bits per heavy atom. The van der Waals surface area contributed by atoms with Gasteiger partial charge >= 0.3 is 6.09 Å². The largest absolute Gasteiger partial charge is 0.448 e. The molecule has 1 unspecified atom stereocenters. The molecule has 2 aliphatic rings. The number of terminal acetylenes is 1. The standard InChI is InChI=1S/C23H23NO3/c1-2-14-26-17-8-7-13-24(15-17)23(25)27-16-22-20-11-5-3-9-18(20)19-10-4-6-12-21(19)22/h1,3-6,9-12,17,22H,7-8,13-16H2. The Hall–Kier alpha value is -2.77. The molecule has 1 amide bonds. The molecular formula is C23H23NO3. The molecular weight excluding hydrogens is 338 g/mol. The number of likely N-dealkylation sites (tertiary alicyclic amines) is 1. The summed E-state index contributed by atoms with van der Waals surface area (Å²) in [5.74, 6) is 2.57. The van der Waals surface area contributed by atoms with Crippen molar-refractivity contribution in [2.24, 2.45) is 0 Å². The summed E-state index contributed by atoms with van der Waals surface area (Å²) in [6, 6.07) is 16.7. The number of nitrogens with zero attached hydrogens (tertiary/aromatic N) is 1. The number of carbonyl (C=O) groups is 1. The lowest BCUT2D eigenvalue weighted by Gasteiger charge is -2.31. The number of benzene rings is 2. The molecule has 4 nitrogen and oxygen atoms in total. The van der Waals surface area contributed by atoms with Crippen LogP contribution in [-0.2, 0) is 9.47 Å². The molecule has 0 spiro atoms. The van der Waals surface area contributed by atoms with Crippen LogP contribution in [0.2, 0.25) is 0 Å². The number of rotatable bonds is 4. The second-order valence-corrected chi connectivity index (χ2v) is 7.03. The van der Waals surface area contributed by atoms with Crippen molar-refractivity contribution in [3.63, 3.8) is 0 Å². The van der Waals surface area contributed by atoms with Gasteiger partial charge in [-0.1, -0.05) is 54.5 Å². The van der Waals surface area contributed by atoms with E-state index in [4.69, 9.17) is 15.9 Å². The van der Waals surface area contributed by atoms with E-state index in [1.54, 1.807) is 4.90 Å². The molecule has 1 saturated heterocycles. The molecule has 2 aromatic carbocycles. The summed E-state index contributed by atoms with van der Waals surface area (Å²) in [6.45, 7) is 1.87. The molecule has 4 rings (SSSR count). The predicted octanol–water partition coefficient (Wildman–Crippen LogP) is 4.05. The summed E-state index contributed by atoms with van der Waals surface area (Å²) in [4.78, 5) is 14.3. The Kier molecular flexibility index (Phi) is 5.13. The monoisotopic (exact) mass is 361 g/mol. The van der Waals surface area contributed by atoms with Crippen molar-refractivity contribution in [2.45, 2.75) is 24.9 Å². The van der Waals surface area contributed by atoms with Crippen LogP contribution in [0.3, 0.4) is 0 Å². The SMILES string of the molecule is C#CCOC1CCCN(C(=O)OCC2c3ccccc3-c3ccccc32)C1. The number of ether oxygens (including phenoxy) is 2. The number of hydrogen-bond acceptors (Lipinski definition) is 3. The summed E-state index contributed by atoms with van der Waals surface area (Å²) in [5, 5.41) is 0. The predicted molar refractivity (Wildman–Crippen MR) is 104 cm³/mol. The van der Waals surface area contributed by atoms with E-state index < -0.39 is 0 Å². The highest BCUT2D eigenvalue weighted by Crippen LogP contribution is 2.44. The Morgan fingerprint density at radius 2 is 1.78 bits per heavy atom. The lowest BCUT2D eigenvalue weighted by molar-refractivity contribution is 0.0110. The quantitative estimate of drug-likeness (QED) is 0.771. The minimum atomic E-state index is -0.272. The van der Waals surface area contributed by atoms with Crippen molar-refractivity contribution in [1.29, 1.82) is 0 Å². The molecule has 0 bridgehead atoms. The van der Waals surface area contributed by atoms with Gasteiger partial charge in [0.2, 0.25) is 0 Å². The third kappa shape index (κ3) is 3.56. The van der Waals surface area contributed by atoms with Crippen LogP contribution >= 0.6 is 0 Å². The smallest absolute Gasteiger partial charge is 0.409 e. The van der Waals surface area contributed by atoms with Gasteiger partial charge in [-0.2, -0.15) is 0 Å². The maximum atomic E-state index is 12.6. The number of fused-ring (bicyclic) bond motifs is 3. The van der Waals surface area contributed by atoms with E-state index in [-0.39, 0.29) is 24.7 Å². The molecule has 2 aromatic rings. The molecule has 0 N–H and O–H groups in total. The van der Waals surface area contributed by atoms with Crippen LogP contribution in [0.5, 0.6) is 0 Å². The molecule has 4 heteroatoms. The Labute approximate surface area is 160 Å². The third-order valence-corrected chi connectivity index (χ3v) is 5.37. The van der Waals surface area contributed by atoms with Gasteiger partial charge in [-0.3, -0.25) is 0 Å². The molecule has 1 atom stereocenters. The minimum absolute atomic E-state index is 0.00437. The summed E-state index contributed by atoms with van der Waals surface area (Å²) >= 11 is 0. The normalized spacial score (nSPS) is 18.5. The molecule has 1 heterocycles. The molecule has 1 fully saturated rings. The number of carbonyl (C=O) groups excluding carboxylic acids is 1. The van der Waals surface area contributed by atoms with E-state index in [2.05, 4.69) is 30.2 Å². The second-order valence-electron chi connectivity index (χ2n) is 7.03. The Bertz CT molecular complexity index is 824. The van der Waals surface area contributed by atoms with Gasteiger partial charge in [0.15, 0.2) is 0 Å². The first-order valence-corrected chi connectivity index (χ1v) is 9.43. The topological polar surface area (TPSA) is 38.8 Å². The lowest BCUT2D eigenvalue weighted by atomic mass is 9.98. The second kappa shape index (κ2) is 7.85. The van der Waals surface area contributed by atoms with Gasteiger partial charge in [-0.25, -0.2) is 4.79 Å². The fourth-order valence-electron chi connectivity index (χ4n) is 4.09. The Morgan fingerprint density at radius 1 is 1.11 bits per heavy atom. The highest BCUT2D eigenvalue weighted by molar-refractivity contribution is 5.79. The molecule has 1 aliphatic heterocycles. The maximum absolute atomic E-state index is 12.6. The van der Waals surface area contributed by atoms with Gasteiger partial charge in [-0.15, -0.1) is 6.42 Å². The average Bonchev–Trinajstić information content (AvgIpc) is 3.04. The van der Waals surface area contributed by atoms with Crippen LogP contribution < -0.4 is 0 Å². The van der Waals surface area contributed by atoms with Crippen molar-refractivity contribution < 1.29 is 14.3 Å². The highest BCUT2D eigenvalue weighted by Gasteiger charge is 2.30. The van der Waals surface area contributed by atoms with Crippen LogP contribution in [-0.4, -0.2) is 43.4 Å². The van der Waals surface area contributed by atoms with E-state index in [9.17, 15) is 4.79 Å².